The highest BCUT2D eigenvalue weighted by atomic mass is 16.5. The van der Waals surface area contributed by atoms with Gasteiger partial charge in [-0.3, -0.25) is 4.68 Å². The van der Waals surface area contributed by atoms with E-state index >= 15 is 0 Å². The minimum Gasteiger partial charge on any atom is -0.487 e. The Morgan fingerprint density at radius 1 is 1.19 bits per heavy atom. The lowest BCUT2D eigenvalue weighted by Crippen LogP contribution is -2.06. The van der Waals surface area contributed by atoms with Crippen molar-refractivity contribution in [1.82, 2.24) is 9.78 Å². The fraction of sp³-hybridized carbons (Fsp3) is 0.429. The zero-order valence-electron chi connectivity index (χ0n) is 16.3. The molecule has 0 fully saturated rings. The number of ether oxygens (including phenoxy) is 1. The predicted molar refractivity (Wildman–Crippen MR) is 103 cm³/mol. The minimum atomic E-state index is -0.295. The van der Waals surface area contributed by atoms with Crippen molar-refractivity contribution in [2.45, 2.75) is 53.6 Å². The first-order chi connectivity index (χ1) is 12.3. The van der Waals surface area contributed by atoms with E-state index in [0.717, 1.165) is 34.4 Å². The molecule has 0 aliphatic rings. The molecule has 3 rings (SSSR count). The SMILES string of the molecule is CCc1cc2c(C)c(C)c(=O)oc2cc1OCc1cc(C(C)C)n(C)n1. The monoisotopic (exact) mass is 354 g/mol. The highest BCUT2D eigenvalue weighted by Gasteiger charge is 2.14. The van der Waals surface area contributed by atoms with Gasteiger partial charge < -0.3 is 9.15 Å². The van der Waals surface area contributed by atoms with Gasteiger partial charge in [0.15, 0.2) is 0 Å². The molecule has 138 valence electrons. The average molecular weight is 354 g/mol. The fourth-order valence-electron chi connectivity index (χ4n) is 3.23. The normalized spacial score (nSPS) is 11.5. The van der Waals surface area contributed by atoms with Gasteiger partial charge in [0.05, 0.1) is 0 Å². The molecule has 0 amide bonds. The molecule has 0 aliphatic carbocycles. The summed E-state index contributed by atoms with van der Waals surface area (Å²) in [7, 11) is 1.95. The molecule has 2 aromatic heterocycles. The van der Waals surface area contributed by atoms with Crippen LogP contribution in [0.3, 0.4) is 0 Å². The topological polar surface area (TPSA) is 57.3 Å². The van der Waals surface area contributed by atoms with Gasteiger partial charge in [-0.1, -0.05) is 20.8 Å². The lowest BCUT2D eigenvalue weighted by molar-refractivity contribution is 0.297. The molecule has 3 aromatic rings. The minimum absolute atomic E-state index is 0.295. The maximum absolute atomic E-state index is 12.0. The number of benzene rings is 1. The van der Waals surface area contributed by atoms with Gasteiger partial charge in [-0.25, -0.2) is 4.79 Å². The van der Waals surface area contributed by atoms with E-state index < -0.39 is 0 Å². The quantitative estimate of drug-likeness (QED) is 0.637. The summed E-state index contributed by atoms with van der Waals surface area (Å²) in [5, 5.41) is 5.49. The molecule has 0 bridgehead atoms. The van der Waals surface area contributed by atoms with Crippen LogP contribution in [0.15, 0.2) is 27.4 Å². The van der Waals surface area contributed by atoms with Crippen molar-refractivity contribution in [2.24, 2.45) is 7.05 Å². The van der Waals surface area contributed by atoms with Crippen LogP contribution in [0.5, 0.6) is 5.75 Å². The van der Waals surface area contributed by atoms with Crippen molar-refractivity contribution in [3.8, 4) is 5.75 Å². The lowest BCUT2D eigenvalue weighted by Gasteiger charge is -2.12. The third-order valence-electron chi connectivity index (χ3n) is 4.95. The number of aryl methyl sites for hydroxylation is 3. The zero-order valence-corrected chi connectivity index (χ0v) is 16.3. The second-order valence-corrected chi connectivity index (χ2v) is 7.08. The van der Waals surface area contributed by atoms with Crippen molar-refractivity contribution < 1.29 is 9.15 Å². The van der Waals surface area contributed by atoms with Crippen molar-refractivity contribution >= 4 is 11.0 Å². The van der Waals surface area contributed by atoms with Crippen molar-refractivity contribution in [3.63, 3.8) is 0 Å². The van der Waals surface area contributed by atoms with Gasteiger partial charge in [0.2, 0.25) is 0 Å². The summed E-state index contributed by atoms with van der Waals surface area (Å²) in [6, 6.07) is 5.97. The van der Waals surface area contributed by atoms with Gasteiger partial charge in [0.1, 0.15) is 23.6 Å². The van der Waals surface area contributed by atoms with Crippen LogP contribution in [0.4, 0.5) is 0 Å². The Hall–Kier alpha value is -2.56. The smallest absolute Gasteiger partial charge is 0.339 e. The summed E-state index contributed by atoms with van der Waals surface area (Å²) in [5.41, 5.74) is 5.04. The second kappa shape index (κ2) is 6.98. The Bertz CT molecular complexity index is 1010. The number of aromatic nitrogens is 2. The second-order valence-electron chi connectivity index (χ2n) is 7.08. The molecular weight excluding hydrogens is 328 g/mol. The molecule has 0 unspecified atom stereocenters. The van der Waals surface area contributed by atoms with Crippen LogP contribution in [0, 0.1) is 13.8 Å². The van der Waals surface area contributed by atoms with E-state index in [2.05, 4.69) is 38.0 Å². The molecule has 0 N–H and O–H groups in total. The molecular formula is C21H26N2O3. The van der Waals surface area contributed by atoms with Crippen LogP contribution >= 0.6 is 0 Å². The molecule has 0 atom stereocenters. The number of rotatable bonds is 5. The van der Waals surface area contributed by atoms with E-state index in [9.17, 15) is 4.79 Å². The van der Waals surface area contributed by atoms with E-state index in [4.69, 9.17) is 9.15 Å². The highest BCUT2D eigenvalue weighted by molar-refractivity contribution is 5.83. The fourth-order valence-corrected chi connectivity index (χ4v) is 3.23. The maximum Gasteiger partial charge on any atom is 0.339 e. The molecule has 1 aromatic carbocycles. The first-order valence-electron chi connectivity index (χ1n) is 9.04. The van der Waals surface area contributed by atoms with Crippen LogP contribution < -0.4 is 10.4 Å². The Labute approximate surface area is 153 Å². The van der Waals surface area contributed by atoms with E-state index in [0.29, 0.717) is 23.7 Å². The van der Waals surface area contributed by atoms with Crippen LogP contribution in [0.25, 0.3) is 11.0 Å². The standard InChI is InChI=1S/C21H26N2O3/c1-7-15-8-17-13(4)14(5)21(24)26-20(17)10-19(15)25-11-16-9-18(12(2)3)23(6)22-16/h8-10,12H,7,11H2,1-6H3. The summed E-state index contributed by atoms with van der Waals surface area (Å²) in [5.74, 6) is 1.15. The number of nitrogens with zero attached hydrogens (tertiary/aromatic N) is 2. The first-order valence-corrected chi connectivity index (χ1v) is 9.04. The third-order valence-corrected chi connectivity index (χ3v) is 4.95. The van der Waals surface area contributed by atoms with E-state index in [-0.39, 0.29) is 5.63 Å². The van der Waals surface area contributed by atoms with Gasteiger partial charge in [-0.2, -0.15) is 5.10 Å². The average Bonchev–Trinajstić information content (AvgIpc) is 2.98. The highest BCUT2D eigenvalue weighted by Crippen LogP contribution is 2.29. The Kier molecular flexibility index (Phi) is 4.90. The van der Waals surface area contributed by atoms with E-state index in [1.54, 1.807) is 6.92 Å². The third kappa shape index (κ3) is 3.26. The number of fused-ring (bicyclic) bond motifs is 1. The van der Waals surface area contributed by atoms with Crippen LogP contribution in [-0.4, -0.2) is 9.78 Å². The van der Waals surface area contributed by atoms with E-state index in [1.807, 2.05) is 24.7 Å². The molecule has 5 heteroatoms. The van der Waals surface area contributed by atoms with Crippen LogP contribution in [0.1, 0.15) is 54.8 Å². The van der Waals surface area contributed by atoms with Crippen molar-refractivity contribution in [3.05, 3.63) is 56.7 Å². The number of hydrogen-bond donors (Lipinski definition) is 0. The lowest BCUT2D eigenvalue weighted by atomic mass is 10.0. The molecule has 26 heavy (non-hydrogen) atoms. The van der Waals surface area contributed by atoms with Gasteiger partial charge >= 0.3 is 5.63 Å². The largest absolute Gasteiger partial charge is 0.487 e. The van der Waals surface area contributed by atoms with Crippen molar-refractivity contribution in [1.29, 1.82) is 0 Å². The maximum atomic E-state index is 12.0. The Morgan fingerprint density at radius 2 is 1.92 bits per heavy atom. The van der Waals surface area contributed by atoms with Crippen LogP contribution in [0.2, 0.25) is 0 Å². The molecule has 2 heterocycles. The molecule has 5 nitrogen and oxygen atoms in total. The van der Waals surface area contributed by atoms with Gasteiger partial charge in [-0.05, 0) is 49.4 Å². The summed E-state index contributed by atoms with van der Waals surface area (Å²) in [6.07, 6.45) is 0.836. The van der Waals surface area contributed by atoms with Crippen molar-refractivity contribution in [2.75, 3.05) is 0 Å². The molecule has 0 saturated heterocycles. The summed E-state index contributed by atoms with van der Waals surface area (Å²) in [6.45, 7) is 10.5. The van der Waals surface area contributed by atoms with Crippen LogP contribution in [-0.2, 0) is 20.1 Å². The van der Waals surface area contributed by atoms with Gasteiger partial charge in [-0.15, -0.1) is 0 Å². The predicted octanol–water partition coefficient (Wildman–Crippen LogP) is 4.41. The Morgan fingerprint density at radius 3 is 2.54 bits per heavy atom. The Balaban J connectivity index is 1.95. The zero-order chi connectivity index (χ0) is 19.0. The summed E-state index contributed by atoms with van der Waals surface area (Å²) < 4.78 is 13.4. The van der Waals surface area contributed by atoms with Gasteiger partial charge in [0, 0.05) is 29.8 Å². The summed E-state index contributed by atoms with van der Waals surface area (Å²) in [4.78, 5) is 12.0. The molecule has 0 aliphatic heterocycles. The molecule has 0 radical (unpaired) electrons. The van der Waals surface area contributed by atoms with E-state index in [1.165, 1.54) is 5.69 Å². The summed E-state index contributed by atoms with van der Waals surface area (Å²) >= 11 is 0. The first kappa shape index (κ1) is 18.2. The molecule has 0 spiro atoms. The molecule has 0 saturated carbocycles. The van der Waals surface area contributed by atoms with Gasteiger partial charge in [0.25, 0.3) is 0 Å². The number of hydrogen-bond acceptors (Lipinski definition) is 4.